The molecule has 2 aliphatic carbocycles. The fourth-order valence-electron chi connectivity index (χ4n) is 4.24. The van der Waals surface area contributed by atoms with Crippen LogP contribution in [-0.2, 0) is 4.79 Å². The van der Waals surface area contributed by atoms with Crippen LogP contribution in [0.2, 0.25) is 0 Å². The lowest BCUT2D eigenvalue weighted by atomic mass is 9.89. The average molecular weight is 355 g/mol. The highest BCUT2D eigenvalue weighted by atomic mass is 32.2. The zero-order chi connectivity index (χ0) is 17.1. The van der Waals surface area contributed by atoms with Gasteiger partial charge in [-0.05, 0) is 43.2 Å². The molecule has 0 radical (unpaired) electrons. The van der Waals surface area contributed by atoms with Crippen molar-refractivity contribution in [3.63, 3.8) is 0 Å². The molecule has 3 nitrogen and oxygen atoms in total. The molecule has 1 saturated carbocycles. The van der Waals surface area contributed by atoms with Gasteiger partial charge < -0.3 is 0 Å². The van der Waals surface area contributed by atoms with Gasteiger partial charge in [0, 0.05) is 6.04 Å². The van der Waals surface area contributed by atoms with Crippen LogP contribution in [0.4, 0.5) is 0 Å². The van der Waals surface area contributed by atoms with E-state index in [2.05, 4.69) is 36.4 Å². The smallest absolute Gasteiger partial charge is 0.239 e. The molecule has 1 amide bonds. The average Bonchev–Trinajstić information content (AvgIpc) is 3.04. The third-order valence-corrected chi connectivity index (χ3v) is 6.47. The minimum absolute atomic E-state index is 0.190. The lowest BCUT2D eigenvalue weighted by Gasteiger charge is -2.31. The van der Waals surface area contributed by atoms with Gasteiger partial charge in [0.05, 0.1) is 11.8 Å². The van der Waals surface area contributed by atoms with Gasteiger partial charge in [-0.25, -0.2) is 0 Å². The first-order valence-corrected chi connectivity index (χ1v) is 10.6. The van der Waals surface area contributed by atoms with E-state index in [1.807, 2.05) is 4.90 Å². The predicted octanol–water partition coefficient (Wildman–Crippen LogP) is 4.89. The molecular weight excluding hydrogens is 328 g/mol. The van der Waals surface area contributed by atoms with Crippen LogP contribution in [0, 0.1) is 0 Å². The first-order valence-electron chi connectivity index (χ1n) is 9.61. The van der Waals surface area contributed by atoms with Gasteiger partial charge in [0.2, 0.25) is 5.91 Å². The van der Waals surface area contributed by atoms with Crippen LogP contribution >= 0.6 is 11.8 Å². The first kappa shape index (κ1) is 16.9. The van der Waals surface area contributed by atoms with Gasteiger partial charge in [-0.2, -0.15) is 0 Å². The van der Waals surface area contributed by atoms with E-state index < -0.39 is 0 Å². The number of amidine groups is 1. The summed E-state index contributed by atoms with van der Waals surface area (Å²) in [6.45, 7) is 0. The molecule has 4 heteroatoms. The van der Waals surface area contributed by atoms with E-state index >= 15 is 0 Å². The Bertz CT molecular complexity index is 676. The second-order valence-corrected chi connectivity index (χ2v) is 8.17. The molecule has 1 heterocycles. The fraction of sp³-hybridized carbons (Fsp3) is 0.524. The van der Waals surface area contributed by atoms with Gasteiger partial charge in [-0.3, -0.25) is 14.7 Å². The Balaban J connectivity index is 1.60. The zero-order valence-corrected chi connectivity index (χ0v) is 15.5. The van der Waals surface area contributed by atoms with E-state index in [0.29, 0.717) is 11.8 Å². The molecule has 3 aliphatic rings. The topological polar surface area (TPSA) is 32.7 Å². The molecule has 1 aliphatic heterocycles. The summed E-state index contributed by atoms with van der Waals surface area (Å²) in [6, 6.07) is 11.2. The summed E-state index contributed by atoms with van der Waals surface area (Å²) in [7, 11) is 0. The van der Waals surface area contributed by atoms with Crippen LogP contribution in [-0.4, -0.2) is 33.8 Å². The van der Waals surface area contributed by atoms with E-state index in [1.54, 1.807) is 11.8 Å². The maximum absolute atomic E-state index is 12.5. The van der Waals surface area contributed by atoms with Gasteiger partial charge >= 0.3 is 0 Å². The monoisotopic (exact) mass is 354 g/mol. The van der Waals surface area contributed by atoms with Crippen molar-refractivity contribution >= 4 is 28.4 Å². The number of allylic oxidation sites excluding steroid dienone is 1. The number of carbonyl (C=O) groups is 1. The molecule has 0 N–H and O–H groups in total. The number of carbonyl (C=O) groups excluding carboxylic acids is 1. The van der Waals surface area contributed by atoms with Crippen molar-refractivity contribution in [3.05, 3.63) is 42.0 Å². The standard InChI is InChI=1S/C21H26N2OS/c24-20-15-25-21(23(20)17-11-5-2-6-12-17)22-19-14-8-7-13-18(19)16-9-3-1-4-10-16/h1,3-4,9-10,13,17,19H,2,5-8,11-12,14-15H2. The SMILES string of the molecule is O=C1CSC(=NC2CCCC=C2c2ccccc2)N1C1CCCCC1. The van der Waals surface area contributed by atoms with Crippen LogP contribution in [0.3, 0.4) is 0 Å². The molecule has 132 valence electrons. The van der Waals surface area contributed by atoms with Gasteiger partial charge in [-0.15, -0.1) is 0 Å². The Kier molecular flexibility index (Phi) is 5.25. The van der Waals surface area contributed by atoms with Crippen LogP contribution in [0.1, 0.15) is 56.9 Å². The van der Waals surface area contributed by atoms with Crippen LogP contribution in [0.5, 0.6) is 0 Å². The molecule has 1 aromatic carbocycles. The molecule has 1 aromatic rings. The van der Waals surface area contributed by atoms with Gasteiger partial charge in [0.1, 0.15) is 0 Å². The predicted molar refractivity (Wildman–Crippen MR) is 106 cm³/mol. The molecular formula is C21H26N2OS. The van der Waals surface area contributed by atoms with E-state index in [1.165, 1.54) is 36.8 Å². The Hall–Kier alpha value is -1.55. The highest BCUT2D eigenvalue weighted by Gasteiger charge is 2.35. The van der Waals surface area contributed by atoms with Crippen molar-refractivity contribution in [3.8, 4) is 0 Å². The summed E-state index contributed by atoms with van der Waals surface area (Å²) in [6.07, 6.45) is 11.8. The number of benzene rings is 1. The Morgan fingerprint density at radius 2 is 1.80 bits per heavy atom. The summed E-state index contributed by atoms with van der Waals surface area (Å²) in [5, 5.41) is 0.977. The number of aliphatic imine (C=N–C) groups is 1. The van der Waals surface area contributed by atoms with Gasteiger partial charge in [0.15, 0.2) is 5.17 Å². The summed E-state index contributed by atoms with van der Waals surface area (Å²) in [4.78, 5) is 19.6. The Labute approximate surface area is 154 Å². The third kappa shape index (κ3) is 3.69. The highest BCUT2D eigenvalue weighted by Crippen LogP contribution is 2.34. The maximum Gasteiger partial charge on any atom is 0.239 e. The number of hydrogen-bond acceptors (Lipinski definition) is 3. The van der Waals surface area contributed by atoms with Crippen molar-refractivity contribution in [2.24, 2.45) is 4.99 Å². The molecule has 0 bridgehead atoms. The minimum atomic E-state index is 0.190. The summed E-state index contributed by atoms with van der Waals surface area (Å²) in [5.74, 6) is 0.823. The normalized spacial score (nSPS) is 27.0. The maximum atomic E-state index is 12.5. The lowest BCUT2D eigenvalue weighted by Crippen LogP contribution is -2.41. The quantitative estimate of drug-likeness (QED) is 0.774. The first-order chi connectivity index (χ1) is 12.3. The molecule has 0 aromatic heterocycles. The second-order valence-electron chi connectivity index (χ2n) is 7.23. The van der Waals surface area contributed by atoms with Crippen LogP contribution in [0.15, 0.2) is 41.4 Å². The van der Waals surface area contributed by atoms with Crippen molar-refractivity contribution in [2.75, 3.05) is 5.75 Å². The van der Waals surface area contributed by atoms with E-state index in [9.17, 15) is 4.79 Å². The van der Waals surface area contributed by atoms with E-state index in [0.717, 1.165) is 30.9 Å². The molecule has 1 saturated heterocycles. The Morgan fingerprint density at radius 1 is 1.00 bits per heavy atom. The van der Waals surface area contributed by atoms with Gasteiger partial charge in [0.25, 0.3) is 0 Å². The minimum Gasteiger partial charge on any atom is -0.288 e. The van der Waals surface area contributed by atoms with E-state index in [-0.39, 0.29) is 11.9 Å². The van der Waals surface area contributed by atoms with E-state index in [4.69, 9.17) is 4.99 Å². The second kappa shape index (κ2) is 7.77. The number of nitrogens with zero attached hydrogens (tertiary/aromatic N) is 2. The molecule has 4 rings (SSSR count). The van der Waals surface area contributed by atoms with Crippen molar-refractivity contribution < 1.29 is 4.79 Å². The fourth-order valence-corrected chi connectivity index (χ4v) is 5.22. The molecule has 2 fully saturated rings. The highest BCUT2D eigenvalue weighted by molar-refractivity contribution is 8.15. The van der Waals surface area contributed by atoms with Gasteiger partial charge in [-0.1, -0.05) is 67.4 Å². The number of thioether (sulfide) groups is 1. The number of amides is 1. The number of hydrogen-bond donors (Lipinski definition) is 0. The number of rotatable bonds is 3. The Morgan fingerprint density at radius 3 is 2.60 bits per heavy atom. The molecule has 0 spiro atoms. The van der Waals surface area contributed by atoms with Crippen LogP contribution in [0.25, 0.3) is 5.57 Å². The zero-order valence-electron chi connectivity index (χ0n) is 14.7. The molecule has 1 atom stereocenters. The van der Waals surface area contributed by atoms with Crippen molar-refractivity contribution in [2.45, 2.75) is 63.5 Å². The van der Waals surface area contributed by atoms with Crippen molar-refractivity contribution in [1.82, 2.24) is 4.90 Å². The summed E-state index contributed by atoms with van der Waals surface area (Å²) >= 11 is 1.64. The lowest BCUT2D eigenvalue weighted by molar-refractivity contribution is -0.126. The summed E-state index contributed by atoms with van der Waals surface area (Å²) in [5.41, 5.74) is 2.61. The molecule has 1 unspecified atom stereocenters. The summed E-state index contributed by atoms with van der Waals surface area (Å²) < 4.78 is 0. The largest absolute Gasteiger partial charge is 0.288 e. The van der Waals surface area contributed by atoms with Crippen molar-refractivity contribution in [1.29, 1.82) is 0 Å². The molecule has 25 heavy (non-hydrogen) atoms. The van der Waals surface area contributed by atoms with Crippen LogP contribution < -0.4 is 0 Å². The third-order valence-electron chi connectivity index (χ3n) is 5.52.